The number of hydrogen-bond acceptors (Lipinski definition) is 5. The number of rotatable bonds is 6. The zero-order chi connectivity index (χ0) is 21.5. The molecule has 0 saturated carbocycles. The second kappa shape index (κ2) is 7.99. The van der Waals surface area contributed by atoms with E-state index in [1.54, 1.807) is 7.11 Å². The second-order valence-corrected chi connectivity index (χ2v) is 8.75. The first kappa shape index (κ1) is 21.0. The van der Waals surface area contributed by atoms with Crippen molar-refractivity contribution in [3.63, 3.8) is 0 Å². The van der Waals surface area contributed by atoms with Crippen molar-refractivity contribution in [2.24, 2.45) is 5.73 Å². The highest BCUT2D eigenvalue weighted by molar-refractivity contribution is 7.19. The summed E-state index contributed by atoms with van der Waals surface area (Å²) in [5.74, 6) is 0.718. The van der Waals surface area contributed by atoms with Crippen molar-refractivity contribution in [1.82, 2.24) is 9.55 Å². The van der Waals surface area contributed by atoms with E-state index in [0.29, 0.717) is 28.2 Å². The predicted molar refractivity (Wildman–Crippen MR) is 118 cm³/mol. The van der Waals surface area contributed by atoms with Gasteiger partial charge >= 0.3 is 0 Å². The van der Waals surface area contributed by atoms with Gasteiger partial charge in [-0.25, -0.2) is 4.98 Å². The van der Waals surface area contributed by atoms with Gasteiger partial charge in [0.15, 0.2) is 0 Å². The predicted octanol–water partition coefficient (Wildman–Crippen LogP) is 4.31. The van der Waals surface area contributed by atoms with Gasteiger partial charge in [0.05, 0.1) is 12.5 Å². The molecule has 0 aliphatic carbocycles. The van der Waals surface area contributed by atoms with Gasteiger partial charge in [0.2, 0.25) is 5.91 Å². The summed E-state index contributed by atoms with van der Waals surface area (Å²) in [5.41, 5.74) is 8.14. The third-order valence-electron chi connectivity index (χ3n) is 5.13. The number of nitrogens with zero attached hydrogens (tertiary/aromatic N) is 2. The monoisotopic (exact) mass is 413 g/mol. The summed E-state index contributed by atoms with van der Waals surface area (Å²) in [4.78, 5) is 32.3. The molecule has 0 bridgehead atoms. The molecule has 3 aromatic rings. The second-order valence-electron chi connectivity index (χ2n) is 7.54. The fraction of sp³-hybridized carbons (Fsp3) is 0.409. The van der Waals surface area contributed by atoms with Crippen molar-refractivity contribution in [1.29, 1.82) is 0 Å². The number of aromatic nitrogens is 2. The molecule has 0 fully saturated rings. The van der Waals surface area contributed by atoms with Crippen molar-refractivity contribution in [3.05, 3.63) is 44.8 Å². The molecule has 1 unspecified atom stereocenters. The van der Waals surface area contributed by atoms with Crippen LogP contribution in [0.25, 0.3) is 21.3 Å². The zero-order valence-corrected chi connectivity index (χ0v) is 18.5. The van der Waals surface area contributed by atoms with Gasteiger partial charge in [-0.1, -0.05) is 32.4 Å². The normalized spacial score (nSPS) is 12.5. The van der Waals surface area contributed by atoms with E-state index >= 15 is 0 Å². The molecule has 154 valence electrons. The first-order valence-electron chi connectivity index (χ1n) is 9.71. The van der Waals surface area contributed by atoms with Crippen LogP contribution in [-0.4, -0.2) is 22.6 Å². The molecule has 0 aliphatic rings. The van der Waals surface area contributed by atoms with Gasteiger partial charge in [-0.05, 0) is 32.4 Å². The van der Waals surface area contributed by atoms with Crippen molar-refractivity contribution >= 4 is 27.5 Å². The number of benzene rings is 1. The number of carbonyl (C=O) groups is 1. The van der Waals surface area contributed by atoms with Gasteiger partial charge < -0.3 is 10.5 Å². The fourth-order valence-corrected chi connectivity index (χ4v) is 4.79. The molecule has 2 heterocycles. The van der Waals surface area contributed by atoms with Crippen LogP contribution >= 0.6 is 11.3 Å². The maximum atomic E-state index is 13.7. The summed E-state index contributed by atoms with van der Waals surface area (Å²) in [6.45, 7) is 9.75. The molecule has 1 atom stereocenters. The summed E-state index contributed by atoms with van der Waals surface area (Å²) in [6.07, 6.45) is 0.425. The van der Waals surface area contributed by atoms with E-state index in [2.05, 4.69) is 0 Å². The van der Waals surface area contributed by atoms with E-state index < -0.39 is 11.9 Å². The number of ether oxygens (including phenoxy) is 1. The third kappa shape index (κ3) is 3.55. The molecule has 2 N–H and O–H groups in total. The van der Waals surface area contributed by atoms with Gasteiger partial charge in [-0.15, -0.1) is 11.3 Å². The van der Waals surface area contributed by atoms with E-state index in [1.807, 2.05) is 52.8 Å². The Labute approximate surface area is 174 Å². The van der Waals surface area contributed by atoms with E-state index in [9.17, 15) is 9.59 Å². The highest BCUT2D eigenvalue weighted by Gasteiger charge is 2.27. The van der Waals surface area contributed by atoms with E-state index in [0.717, 1.165) is 21.6 Å². The molecule has 0 aliphatic heterocycles. The maximum absolute atomic E-state index is 13.7. The fourth-order valence-electron chi connectivity index (χ4n) is 3.75. The number of primary amides is 1. The first-order chi connectivity index (χ1) is 13.7. The number of fused-ring (bicyclic) bond motifs is 1. The van der Waals surface area contributed by atoms with Gasteiger partial charge in [-0.3, -0.25) is 14.2 Å². The average Bonchev–Trinajstić information content (AvgIpc) is 2.99. The van der Waals surface area contributed by atoms with Crippen molar-refractivity contribution in [2.75, 3.05) is 7.11 Å². The standard InChI is InChI=1S/C22H27N3O3S/c1-7-15(19(23)26)25-20(11(2)3)24-21-18(22(25)27)17(13(5)29-21)14-10-12(4)8-9-16(14)28-6/h8-11,15H,7H2,1-6H3,(H2,23,26). The quantitative estimate of drug-likeness (QED) is 0.652. The number of thiophene rings is 1. The van der Waals surface area contributed by atoms with Crippen LogP contribution < -0.4 is 16.0 Å². The Balaban J connectivity index is 2.48. The van der Waals surface area contributed by atoms with Crippen LogP contribution in [0.1, 0.15) is 55.4 Å². The summed E-state index contributed by atoms with van der Waals surface area (Å²) >= 11 is 1.48. The molecule has 0 spiro atoms. The number of nitrogens with two attached hydrogens (primary N) is 1. The summed E-state index contributed by atoms with van der Waals surface area (Å²) < 4.78 is 7.06. The van der Waals surface area contributed by atoms with Gasteiger partial charge in [0, 0.05) is 21.9 Å². The third-order valence-corrected chi connectivity index (χ3v) is 6.13. The van der Waals surface area contributed by atoms with Gasteiger partial charge in [0.25, 0.3) is 5.56 Å². The minimum absolute atomic E-state index is 0.0279. The molecule has 1 amide bonds. The van der Waals surface area contributed by atoms with Crippen LogP contribution in [0.4, 0.5) is 0 Å². The Morgan fingerprint density at radius 1 is 1.31 bits per heavy atom. The van der Waals surface area contributed by atoms with E-state index in [1.165, 1.54) is 15.9 Å². The highest BCUT2D eigenvalue weighted by atomic mass is 32.1. The van der Waals surface area contributed by atoms with Crippen LogP contribution in [-0.2, 0) is 4.79 Å². The van der Waals surface area contributed by atoms with Crippen LogP contribution in [0, 0.1) is 13.8 Å². The summed E-state index contributed by atoms with van der Waals surface area (Å²) in [7, 11) is 1.62. The molecule has 2 aromatic heterocycles. The maximum Gasteiger partial charge on any atom is 0.263 e. The molecule has 6 nitrogen and oxygen atoms in total. The smallest absolute Gasteiger partial charge is 0.263 e. The lowest BCUT2D eigenvalue weighted by Gasteiger charge is -2.21. The molecule has 29 heavy (non-hydrogen) atoms. The first-order valence-corrected chi connectivity index (χ1v) is 10.5. The van der Waals surface area contributed by atoms with E-state index in [4.69, 9.17) is 15.5 Å². The Morgan fingerprint density at radius 2 is 2.00 bits per heavy atom. The Morgan fingerprint density at radius 3 is 2.55 bits per heavy atom. The van der Waals surface area contributed by atoms with Crippen LogP contribution in [0.5, 0.6) is 5.75 Å². The molecular weight excluding hydrogens is 386 g/mol. The number of amides is 1. The zero-order valence-electron chi connectivity index (χ0n) is 17.7. The van der Waals surface area contributed by atoms with Gasteiger partial charge in [0.1, 0.15) is 22.4 Å². The lowest BCUT2D eigenvalue weighted by molar-refractivity contribution is -0.121. The SMILES string of the molecule is CCC(C(N)=O)n1c(C(C)C)nc2sc(C)c(-c3cc(C)ccc3OC)c2c1=O. The average molecular weight is 414 g/mol. The van der Waals surface area contributed by atoms with Crippen molar-refractivity contribution in [2.45, 2.75) is 53.0 Å². The Bertz CT molecular complexity index is 1140. The lowest BCUT2D eigenvalue weighted by Crippen LogP contribution is -2.36. The Hall–Kier alpha value is -2.67. The number of aryl methyl sites for hydroxylation is 2. The van der Waals surface area contributed by atoms with Crippen molar-refractivity contribution in [3.8, 4) is 16.9 Å². The topological polar surface area (TPSA) is 87.2 Å². The number of carbonyl (C=O) groups excluding carboxylic acids is 1. The van der Waals surface area contributed by atoms with Crippen LogP contribution in [0.3, 0.4) is 0 Å². The Kier molecular flexibility index (Phi) is 5.80. The van der Waals surface area contributed by atoms with Crippen LogP contribution in [0.15, 0.2) is 23.0 Å². The molecule has 7 heteroatoms. The highest BCUT2D eigenvalue weighted by Crippen LogP contribution is 2.41. The largest absolute Gasteiger partial charge is 0.496 e. The molecule has 0 saturated heterocycles. The van der Waals surface area contributed by atoms with Crippen LogP contribution in [0.2, 0.25) is 0 Å². The minimum Gasteiger partial charge on any atom is -0.496 e. The molecule has 3 rings (SSSR count). The lowest BCUT2D eigenvalue weighted by atomic mass is 10.00. The van der Waals surface area contributed by atoms with E-state index in [-0.39, 0.29) is 11.5 Å². The molecule has 0 radical (unpaired) electrons. The number of hydrogen-bond donors (Lipinski definition) is 1. The summed E-state index contributed by atoms with van der Waals surface area (Å²) in [5, 5.41) is 0.514. The number of methoxy groups -OCH3 is 1. The molecule has 1 aromatic carbocycles. The summed E-state index contributed by atoms with van der Waals surface area (Å²) in [6, 6.07) is 5.16. The van der Waals surface area contributed by atoms with Gasteiger partial charge in [-0.2, -0.15) is 0 Å². The molecular formula is C22H27N3O3S. The van der Waals surface area contributed by atoms with Crippen molar-refractivity contribution < 1.29 is 9.53 Å². The minimum atomic E-state index is -0.732.